The molecule has 2 aromatic rings. The van der Waals surface area contributed by atoms with Crippen molar-refractivity contribution in [2.45, 2.75) is 24.5 Å². The number of rotatable bonds is 2. The van der Waals surface area contributed by atoms with E-state index in [9.17, 15) is 15.0 Å². The van der Waals surface area contributed by atoms with Gasteiger partial charge in [-0.2, -0.15) is 0 Å². The molecular weight excluding hydrogens is 327 g/mol. The number of hydrogen-bond donors (Lipinski definition) is 5. The van der Waals surface area contributed by atoms with Crippen LogP contribution in [-0.4, -0.2) is 111 Å². The van der Waals surface area contributed by atoms with Crippen LogP contribution >= 0.6 is 12.2 Å². The Bertz CT molecular complexity index is 758. The first-order valence-electron chi connectivity index (χ1n) is 5.84. The predicted octanol–water partition coefficient (Wildman–Crippen LogP) is -1.99. The topological polar surface area (TPSA) is 136 Å². The number of aromatic amines is 2. The molecule has 1 aliphatic heterocycles. The van der Waals surface area contributed by atoms with E-state index in [2.05, 4.69) is 15.0 Å². The summed E-state index contributed by atoms with van der Waals surface area (Å²) in [6, 6.07) is 0. The smallest absolute Gasteiger partial charge is 0.279 e. The summed E-state index contributed by atoms with van der Waals surface area (Å²) in [4.78, 5) is 20.7. The monoisotopic (exact) mass is 339 g/mol. The summed E-state index contributed by atoms with van der Waals surface area (Å²) in [7, 11) is 0. The van der Waals surface area contributed by atoms with Gasteiger partial charge in [-0.25, -0.2) is 4.98 Å². The Labute approximate surface area is 165 Å². The number of aliphatic hydroxyl groups excluding tert-OH is 3. The molecule has 1 saturated heterocycles. The normalized spacial score (nSPS) is 28.7. The number of hydrogen-bond acceptors (Lipinski definition) is 7. The Balaban J connectivity index is 0.00000161. The molecule has 4 atom stereocenters. The summed E-state index contributed by atoms with van der Waals surface area (Å²) in [5.74, 6) is 0. The fourth-order valence-electron chi connectivity index (χ4n) is 2.25. The van der Waals surface area contributed by atoms with Crippen LogP contribution in [0.15, 0.2) is 11.1 Å². The molecule has 0 unspecified atom stereocenters. The van der Waals surface area contributed by atoms with Crippen molar-refractivity contribution < 1.29 is 20.1 Å². The van der Waals surface area contributed by atoms with Gasteiger partial charge >= 0.3 is 0 Å². The molecule has 0 amide bonds. The van der Waals surface area contributed by atoms with Gasteiger partial charge in [0, 0.05) is 51.4 Å². The fourth-order valence-corrected chi connectivity index (χ4v) is 2.44. The van der Waals surface area contributed by atoms with E-state index in [1.165, 1.54) is 10.9 Å². The molecule has 109 valence electrons. The van der Waals surface area contributed by atoms with Crippen LogP contribution in [0.4, 0.5) is 0 Å². The van der Waals surface area contributed by atoms with E-state index in [-0.39, 0.29) is 67.3 Å². The van der Waals surface area contributed by atoms with Crippen molar-refractivity contribution in [1.82, 2.24) is 19.5 Å². The molecule has 0 saturated carbocycles. The minimum absolute atomic E-state index is 0. The van der Waals surface area contributed by atoms with E-state index in [1.54, 1.807) is 0 Å². The number of nitrogens with one attached hydrogen (secondary N) is 2. The van der Waals surface area contributed by atoms with E-state index >= 15 is 0 Å². The molecule has 9 nitrogen and oxygen atoms in total. The maximum Gasteiger partial charge on any atom is 0.279 e. The molecule has 21 heavy (non-hydrogen) atoms. The number of nitrogens with zero attached hydrogens (tertiary/aromatic N) is 2. The first-order valence-corrected chi connectivity index (χ1v) is 6.25. The molecule has 0 bridgehead atoms. The number of aliphatic hydroxyl groups is 3. The third-order valence-corrected chi connectivity index (χ3v) is 3.46. The summed E-state index contributed by atoms with van der Waals surface area (Å²) in [6.07, 6.45) is -3.07. The minimum Gasteiger partial charge on any atom is -0.394 e. The van der Waals surface area contributed by atoms with Crippen molar-refractivity contribution in [2.75, 3.05) is 6.61 Å². The van der Waals surface area contributed by atoms with Gasteiger partial charge in [0.2, 0.25) is 0 Å². The molecule has 1 radical (unpaired) electrons. The first-order chi connectivity index (χ1) is 9.52. The molecule has 0 spiro atoms. The van der Waals surface area contributed by atoms with Crippen LogP contribution in [0.1, 0.15) is 6.23 Å². The average molecular weight is 339 g/mol. The van der Waals surface area contributed by atoms with E-state index in [0.717, 1.165) is 0 Å². The summed E-state index contributed by atoms with van der Waals surface area (Å²) in [5, 5.41) is 28.8. The SMILES string of the molecule is O=c1[nH]c(=S)[nH]c2c1ncn2[C@@H]1O[C@H](CO)[C@@H](O)[C@H]1O.[K]. The molecule has 2 aromatic heterocycles. The zero-order valence-corrected chi connectivity index (χ0v) is 15.0. The Morgan fingerprint density at radius 3 is 2.71 bits per heavy atom. The molecule has 11 heteroatoms. The van der Waals surface area contributed by atoms with Crippen LogP contribution in [-0.2, 0) is 4.74 Å². The molecule has 0 aromatic carbocycles. The minimum atomic E-state index is -1.26. The summed E-state index contributed by atoms with van der Waals surface area (Å²) in [5.41, 5.74) is -0.0841. The van der Waals surface area contributed by atoms with Crippen LogP contribution < -0.4 is 5.56 Å². The molecule has 3 rings (SSSR count). The number of fused-ring (bicyclic) bond motifs is 1. The van der Waals surface area contributed by atoms with Crippen LogP contribution in [0.5, 0.6) is 0 Å². The quantitative estimate of drug-likeness (QED) is 0.316. The van der Waals surface area contributed by atoms with Gasteiger partial charge in [0.1, 0.15) is 24.0 Å². The van der Waals surface area contributed by atoms with Crippen LogP contribution in [0.3, 0.4) is 0 Å². The van der Waals surface area contributed by atoms with Crippen molar-refractivity contribution in [3.8, 4) is 0 Å². The second-order valence-corrected chi connectivity index (χ2v) is 4.89. The second-order valence-electron chi connectivity index (χ2n) is 4.49. The summed E-state index contributed by atoms with van der Waals surface area (Å²) < 4.78 is 6.85. The van der Waals surface area contributed by atoms with Gasteiger partial charge in [-0.3, -0.25) is 14.3 Å². The fraction of sp³-hybridized carbons (Fsp3) is 0.500. The Hall–Kier alpha value is 0.0464. The third kappa shape index (κ3) is 2.95. The molecule has 5 N–H and O–H groups in total. The largest absolute Gasteiger partial charge is 0.394 e. The van der Waals surface area contributed by atoms with Gasteiger partial charge in [-0.15, -0.1) is 0 Å². The summed E-state index contributed by atoms with van der Waals surface area (Å²) in [6.45, 7) is -0.433. The standard InChI is InChI=1S/C10H12N4O5S.K/c15-1-3-5(16)6(17)9(19-3)14-2-11-4-7(14)12-10(20)13-8(4)18;/h2-3,5-6,9,15-17H,1H2,(H2,12,13,18,20);/t3-,5-,6-,9-;/m1./s1. The molecule has 1 aliphatic rings. The van der Waals surface area contributed by atoms with Crippen LogP contribution in [0.2, 0.25) is 0 Å². The van der Waals surface area contributed by atoms with Gasteiger partial charge < -0.3 is 25.0 Å². The van der Waals surface area contributed by atoms with E-state index in [0.29, 0.717) is 0 Å². The maximum absolute atomic E-state index is 11.7. The van der Waals surface area contributed by atoms with Crippen molar-refractivity contribution in [2.24, 2.45) is 0 Å². The number of H-pyrrole nitrogens is 2. The third-order valence-electron chi connectivity index (χ3n) is 3.26. The Morgan fingerprint density at radius 1 is 1.38 bits per heavy atom. The van der Waals surface area contributed by atoms with Crippen molar-refractivity contribution >= 4 is 74.8 Å². The zero-order chi connectivity index (χ0) is 14.4. The van der Waals surface area contributed by atoms with Crippen molar-refractivity contribution in [3.63, 3.8) is 0 Å². The number of imidazole rings is 1. The Morgan fingerprint density at radius 2 is 2.10 bits per heavy atom. The van der Waals surface area contributed by atoms with Gasteiger partial charge in [0.15, 0.2) is 16.5 Å². The Kier molecular flexibility index (Phi) is 5.52. The first kappa shape index (κ1) is 17.4. The average Bonchev–Trinajstić information content (AvgIpc) is 2.93. The van der Waals surface area contributed by atoms with Crippen LogP contribution in [0, 0.1) is 4.77 Å². The van der Waals surface area contributed by atoms with Gasteiger partial charge in [-0.1, -0.05) is 0 Å². The maximum atomic E-state index is 11.7. The van der Waals surface area contributed by atoms with Crippen molar-refractivity contribution in [3.05, 3.63) is 21.5 Å². The van der Waals surface area contributed by atoms with Gasteiger partial charge in [-0.05, 0) is 12.2 Å². The van der Waals surface area contributed by atoms with Crippen LogP contribution in [0.25, 0.3) is 11.2 Å². The van der Waals surface area contributed by atoms with E-state index in [4.69, 9.17) is 22.1 Å². The van der Waals surface area contributed by atoms with E-state index in [1.807, 2.05) is 0 Å². The second kappa shape index (κ2) is 6.66. The van der Waals surface area contributed by atoms with Crippen molar-refractivity contribution in [1.29, 1.82) is 0 Å². The number of aromatic nitrogens is 4. The van der Waals surface area contributed by atoms with Gasteiger partial charge in [0.05, 0.1) is 12.9 Å². The molecular formula is C10H12KN4O5S. The number of ether oxygens (including phenoxy) is 1. The zero-order valence-electron chi connectivity index (χ0n) is 11.1. The van der Waals surface area contributed by atoms with Gasteiger partial charge in [0.25, 0.3) is 5.56 Å². The molecule has 3 heterocycles. The molecule has 0 aliphatic carbocycles. The van der Waals surface area contributed by atoms with E-state index < -0.39 is 36.7 Å². The predicted molar refractivity (Wildman–Crippen MR) is 74.3 cm³/mol. The summed E-state index contributed by atoms with van der Waals surface area (Å²) >= 11 is 4.88. The molecule has 1 fully saturated rings.